The van der Waals surface area contributed by atoms with Crippen LogP contribution in [-0.2, 0) is 13.0 Å². The number of hydrogen-bond acceptors (Lipinski definition) is 1. The van der Waals surface area contributed by atoms with E-state index < -0.39 is 0 Å². The number of imidazole rings is 1. The van der Waals surface area contributed by atoms with Gasteiger partial charge in [-0.05, 0) is 25.5 Å². The molecule has 0 atom stereocenters. The van der Waals surface area contributed by atoms with Crippen molar-refractivity contribution in [2.45, 2.75) is 33.2 Å². The summed E-state index contributed by atoms with van der Waals surface area (Å²) in [7, 11) is 0. The Hall–Kier alpha value is -1.75. The third-order valence-corrected chi connectivity index (χ3v) is 2.62. The fraction of sp³-hybridized carbons (Fsp3) is 0.357. The molecule has 0 fully saturated rings. The molecule has 0 unspecified atom stereocenters. The number of fused-ring (bicyclic) bond motifs is 1. The Bertz CT molecular complexity index is 541. The fourth-order valence-electron chi connectivity index (χ4n) is 1.87. The zero-order valence-electron chi connectivity index (χ0n) is 9.83. The van der Waals surface area contributed by atoms with Crippen LogP contribution in [0, 0.1) is 11.8 Å². The minimum Gasteiger partial charge on any atom is -0.316 e. The van der Waals surface area contributed by atoms with Crippen molar-refractivity contribution in [1.82, 2.24) is 9.55 Å². The van der Waals surface area contributed by atoms with Gasteiger partial charge in [0.05, 0.1) is 17.6 Å². The van der Waals surface area contributed by atoms with E-state index in [-0.39, 0.29) is 0 Å². The highest BCUT2D eigenvalue weighted by molar-refractivity contribution is 5.76. The van der Waals surface area contributed by atoms with Gasteiger partial charge in [-0.15, -0.1) is 5.92 Å². The summed E-state index contributed by atoms with van der Waals surface area (Å²) in [6.07, 6.45) is 2.13. The monoisotopic (exact) mass is 212 g/mol. The van der Waals surface area contributed by atoms with Crippen molar-refractivity contribution in [2.24, 2.45) is 0 Å². The van der Waals surface area contributed by atoms with Gasteiger partial charge in [0.1, 0.15) is 5.82 Å². The molecule has 0 bridgehead atoms. The van der Waals surface area contributed by atoms with Gasteiger partial charge in [-0.2, -0.15) is 0 Å². The first-order valence-electron chi connectivity index (χ1n) is 5.70. The molecule has 2 nitrogen and oxygen atoms in total. The molecule has 1 aromatic heterocycles. The van der Waals surface area contributed by atoms with Crippen LogP contribution in [0.25, 0.3) is 11.0 Å². The Labute approximate surface area is 96.3 Å². The molecule has 16 heavy (non-hydrogen) atoms. The van der Waals surface area contributed by atoms with E-state index in [1.807, 2.05) is 13.0 Å². The molecule has 0 saturated heterocycles. The van der Waals surface area contributed by atoms with Gasteiger partial charge in [0, 0.05) is 6.42 Å². The van der Waals surface area contributed by atoms with Crippen molar-refractivity contribution in [1.29, 1.82) is 0 Å². The molecular weight excluding hydrogens is 196 g/mol. The van der Waals surface area contributed by atoms with E-state index in [2.05, 4.69) is 46.5 Å². The number of nitrogens with zero attached hydrogens (tertiary/aromatic N) is 2. The Morgan fingerprint density at radius 2 is 2.12 bits per heavy atom. The maximum absolute atomic E-state index is 4.65. The van der Waals surface area contributed by atoms with Crippen molar-refractivity contribution in [3.05, 3.63) is 30.1 Å². The number of aryl methyl sites for hydroxylation is 1. The molecule has 0 spiro atoms. The fourth-order valence-corrected chi connectivity index (χ4v) is 1.87. The largest absolute Gasteiger partial charge is 0.316 e. The second-order valence-corrected chi connectivity index (χ2v) is 3.78. The standard InChI is InChI=1S/C14H16N2/c1-3-5-11-16-13-10-7-6-9-12(13)15-14(16)8-4-2/h6-7,9-10H,4,8,11H2,1-2H3. The van der Waals surface area contributed by atoms with Gasteiger partial charge in [-0.3, -0.25) is 0 Å². The Balaban J connectivity index is 2.53. The predicted molar refractivity (Wildman–Crippen MR) is 67.2 cm³/mol. The van der Waals surface area contributed by atoms with Crippen LogP contribution in [0.3, 0.4) is 0 Å². The molecule has 1 heterocycles. The van der Waals surface area contributed by atoms with Crippen molar-refractivity contribution < 1.29 is 0 Å². The Morgan fingerprint density at radius 1 is 1.31 bits per heavy atom. The number of benzene rings is 1. The van der Waals surface area contributed by atoms with E-state index in [9.17, 15) is 0 Å². The molecule has 1 aromatic carbocycles. The number of rotatable bonds is 3. The lowest BCUT2D eigenvalue weighted by Crippen LogP contribution is -2.02. The van der Waals surface area contributed by atoms with Crippen molar-refractivity contribution in [3.8, 4) is 11.8 Å². The van der Waals surface area contributed by atoms with Crippen LogP contribution in [-0.4, -0.2) is 9.55 Å². The maximum atomic E-state index is 4.65. The van der Waals surface area contributed by atoms with Gasteiger partial charge in [-0.1, -0.05) is 25.0 Å². The summed E-state index contributed by atoms with van der Waals surface area (Å²) < 4.78 is 2.22. The highest BCUT2D eigenvalue weighted by atomic mass is 15.1. The van der Waals surface area contributed by atoms with Crippen molar-refractivity contribution >= 4 is 11.0 Å². The first kappa shape index (κ1) is 10.8. The molecule has 2 aromatic rings. The molecule has 2 heteroatoms. The summed E-state index contributed by atoms with van der Waals surface area (Å²) >= 11 is 0. The van der Waals surface area contributed by atoms with Crippen molar-refractivity contribution in [2.75, 3.05) is 0 Å². The first-order valence-corrected chi connectivity index (χ1v) is 5.70. The normalized spacial score (nSPS) is 10.1. The summed E-state index contributed by atoms with van der Waals surface area (Å²) in [5.41, 5.74) is 2.26. The molecule has 0 saturated carbocycles. The van der Waals surface area contributed by atoms with Gasteiger partial charge < -0.3 is 4.57 Å². The lowest BCUT2D eigenvalue weighted by molar-refractivity contribution is 0.742. The summed E-state index contributed by atoms with van der Waals surface area (Å²) in [5, 5.41) is 0. The Kier molecular flexibility index (Phi) is 3.26. The third-order valence-electron chi connectivity index (χ3n) is 2.62. The van der Waals surface area contributed by atoms with Crippen LogP contribution >= 0.6 is 0 Å². The van der Waals surface area contributed by atoms with E-state index in [0.717, 1.165) is 30.7 Å². The zero-order valence-corrected chi connectivity index (χ0v) is 9.83. The molecule has 0 aliphatic rings. The van der Waals surface area contributed by atoms with Gasteiger partial charge in [0.15, 0.2) is 0 Å². The highest BCUT2D eigenvalue weighted by Crippen LogP contribution is 2.16. The molecule has 0 amide bonds. The predicted octanol–water partition coefficient (Wildman–Crippen LogP) is 3.01. The van der Waals surface area contributed by atoms with Gasteiger partial charge in [0.25, 0.3) is 0 Å². The summed E-state index contributed by atoms with van der Waals surface area (Å²) in [6.45, 7) is 4.79. The van der Waals surface area contributed by atoms with Gasteiger partial charge in [-0.25, -0.2) is 4.98 Å². The lowest BCUT2D eigenvalue weighted by Gasteiger charge is -2.03. The first-order chi connectivity index (χ1) is 7.86. The Morgan fingerprint density at radius 3 is 2.88 bits per heavy atom. The molecule has 82 valence electrons. The van der Waals surface area contributed by atoms with Crippen LogP contribution in [0.15, 0.2) is 24.3 Å². The minimum atomic E-state index is 0.742. The summed E-state index contributed by atoms with van der Waals surface area (Å²) in [6, 6.07) is 8.25. The number of para-hydroxylation sites is 2. The number of aromatic nitrogens is 2. The lowest BCUT2D eigenvalue weighted by atomic mass is 10.3. The molecule has 0 N–H and O–H groups in total. The quantitative estimate of drug-likeness (QED) is 0.715. The molecule has 2 rings (SSSR count). The van der Waals surface area contributed by atoms with Crippen LogP contribution in [0.2, 0.25) is 0 Å². The van der Waals surface area contributed by atoms with Crippen LogP contribution in [0.1, 0.15) is 26.1 Å². The second-order valence-electron chi connectivity index (χ2n) is 3.78. The van der Waals surface area contributed by atoms with E-state index in [1.54, 1.807) is 0 Å². The molecule has 0 aliphatic heterocycles. The van der Waals surface area contributed by atoms with E-state index in [1.165, 1.54) is 5.52 Å². The van der Waals surface area contributed by atoms with Crippen molar-refractivity contribution in [3.63, 3.8) is 0 Å². The minimum absolute atomic E-state index is 0.742. The maximum Gasteiger partial charge on any atom is 0.110 e. The average Bonchev–Trinajstić information content (AvgIpc) is 2.65. The zero-order chi connectivity index (χ0) is 11.4. The third kappa shape index (κ3) is 1.94. The molecule has 0 radical (unpaired) electrons. The van der Waals surface area contributed by atoms with Crippen LogP contribution in [0.5, 0.6) is 0 Å². The highest BCUT2D eigenvalue weighted by Gasteiger charge is 2.07. The smallest absolute Gasteiger partial charge is 0.110 e. The second kappa shape index (κ2) is 4.85. The SMILES string of the molecule is CC#CCn1c(CCC)nc2ccccc21. The van der Waals surface area contributed by atoms with Crippen LogP contribution in [0.4, 0.5) is 0 Å². The van der Waals surface area contributed by atoms with Crippen LogP contribution < -0.4 is 0 Å². The average molecular weight is 212 g/mol. The van der Waals surface area contributed by atoms with E-state index in [0.29, 0.717) is 0 Å². The van der Waals surface area contributed by atoms with E-state index >= 15 is 0 Å². The summed E-state index contributed by atoms with van der Waals surface area (Å²) in [5.74, 6) is 7.20. The van der Waals surface area contributed by atoms with E-state index in [4.69, 9.17) is 0 Å². The topological polar surface area (TPSA) is 17.8 Å². The number of hydrogen-bond donors (Lipinski definition) is 0. The van der Waals surface area contributed by atoms with Gasteiger partial charge >= 0.3 is 0 Å². The summed E-state index contributed by atoms with van der Waals surface area (Å²) in [4.78, 5) is 4.65. The molecular formula is C14H16N2. The molecule has 0 aliphatic carbocycles. The van der Waals surface area contributed by atoms with Gasteiger partial charge in [0.2, 0.25) is 0 Å².